The number of ether oxygens (including phenoxy) is 1. The van der Waals surface area contributed by atoms with E-state index in [-0.39, 0.29) is 17.2 Å². The van der Waals surface area contributed by atoms with Crippen LogP contribution < -0.4 is 10.1 Å². The number of nitrogens with zero attached hydrogens (tertiary/aromatic N) is 3. The second-order valence-electron chi connectivity index (χ2n) is 3.70. The van der Waals surface area contributed by atoms with Crippen LogP contribution in [0, 0.1) is 17.1 Å². The van der Waals surface area contributed by atoms with Crippen LogP contribution in [0.15, 0.2) is 29.0 Å². The smallest absolute Gasteiger partial charge is 0.238 e. The van der Waals surface area contributed by atoms with Crippen molar-refractivity contribution >= 4 is 21.7 Å². The van der Waals surface area contributed by atoms with E-state index in [2.05, 4.69) is 31.2 Å². The van der Waals surface area contributed by atoms with Gasteiger partial charge in [-0.2, -0.15) is 5.26 Å². The second kappa shape index (κ2) is 6.30. The van der Waals surface area contributed by atoms with Crippen molar-refractivity contribution in [2.24, 2.45) is 0 Å². The minimum Gasteiger partial charge on any atom is -0.436 e. The summed E-state index contributed by atoms with van der Waals surface area (Å²) in [5.41, 5.74) is -0.164. The maximum Gasteiger partial charge on any atom is 0.238 e. The number of nitriles is 1. The van der Waals surface area contributed by atoms with Crippen LogP contribution in [-0.2, 0) is 0 Å². The molecule has 1 heterocycles. The van der Waals surface area contributed by atoms with Gasteiger partial charge in [-0.3, -0.25) is 0 Å². The van der Waals surface area contributed by atoms with Crippen molar-refractivity contribution in [3.8, 4) is 17.7 Å². The Morgan fingerprint density at radius 2 is 2.25 bits per heavy atom. The van der Waals surface area contributed by atoms with E-state index in [9.17, 15) is 4.39 Å². The van der Waals surface area contributed by atoms with E-state index in [1.165, 1.54) is 24.5 Å². The Kier molecular flexibility index (Phi) is 4.48. The molecule has 1 aromatic heterocycles. The molecule has 20 heavy (non-hydrogen) atoms. The lowest BCUT2D eigenvalue weighted by Gasteiger charge is -2.10. The Morgan fingerprint density at radius 1 is 1.45 bits per heavy atom. The van der Waals surface area contributed by atoms with Gasteiger partial charge in [0.15, 0.2) is 0 Å². The number of aromatic nitrogens is 2. The summed E-state index contributed by atoms with van der Waals surface area (Å²) in [4.78, 5) is 8.01. The Balaban J connectivity index is 2.39. The van der Waals surface area contributed by atoms with Crippen LogP contribution in [0.1, 0.15) is 12.5 Å². The van der Waals surface area contributed by atoms with Crippen LogP contribution in [-0.4, -0.2) is 16.5 Å². The zero-order chi connectivity index (χ0) is 14.5. The quantitative estimate of drug-likeness (QED) is 0.925. The van der Waals surface area contributed by atoms with E-state index in [1.807, 2.05) is 6.92 Å². The monoisotopic (exact) mass is 336 g/mol. The van der Waals surface area contributed by atoms with E-state index in [1.54, 1.807) is 6.07 Å². The zero-order valence-electron chi connectivity index (χ0n) is 10.5. The summed E-state index contributed by atoms with van der Waals surface area (Å²) in [6.07, 6.45) is 1.32. The van der Waals surface area contributed by atoms with E-state index < -0.39 is 5.82 Å². The normalized spacial score (nSPS) is 9.90. The summed E-state index contributed by atoms with van der Waals surface area (Å²) in [6.45, 7) is 2.61. The first-order valence-corrected chi connectivity index (χ1v) is 6.57. The number of anilines is 1. The number of hydrogen-bond acceptors (Lipinski definition) is 5. The van der Waals surface area contributed by atoms with Gasteiger partial charge in [0.25, 0.3) is 0 Å². The standard InChI is InChI=1S/C13H10BrFN4O/c1-2-17-12-11(14)13(19-7-18-12)20-10-5-3-4-9(15)8(10)6-16/h3-5,7H,2H2,1H3,(H,17,18,19). The third kappa shape index (κ3) is 2.86. The topological polar surface area (TPSA) is 70.8 Å². The summed E-state index contributed by atoms with van der Waals surface area (Å²) in [6, 6.07) is 5.94. The zero-order valence-corrected chi connectivity index (χ0v) is 12.1. The lowest BCUT2D eigenvalue weighted by Crippen LogP contribution is -2.02. The maximum atomic E-state index is 13.5. The first kappa shape index (κ1) is 14.2. The molecule has 7 heteroatoms. The molecule has 0 aliphatic rings. The Morgan fingerprint density at radius 3 is 2.95 bits per heavy atom. The molecule has 1 aromatic carbocycles. The predicted octanol–water partition coefficient (Wildman–Crippen LogP) is 3.47. The summed E-state index contributed by atoms with van der Waals surface area (Å²) < 4.78 is 19.5. The van der Waals surface area contributed by atoms with Crippen LogP contribution in [0.3, 0.4) is 0 Å². The van der Waals surface area contributed by atoms with Gasteiger partial charge in [-0.15, -0.1) is 0 Å². The molecule has 0 unspecified atom stereocenters. The third-order valence-electron chi connectivity index (χ3n) is 2.40. The van der Waals surface area contributed by atoms with Gasteiger partial charge in [0.05, 0.1) is 0 Å². The van der Waals surface area contributed by atoms with Crippen LogP contribution in [0.5, 0.6) is 11.6 Å². The van der Waals surface area contributed by atoms with Crippen molar-refractivity contribution in [1.29, 1.82) is 5.26 Å². The number of halogens is 2. The molecule has 0 radical (unpaired) electrons. The van der Waals surface area contributed by atoms with Crippen LogP contribution in [0.2, 0.25) is 0 Å². The maximum absolute atomic E-state index is 13.5. The third-order valence-corrected chi connectivity index (χ3v) is 3.11. The number of rotatable bonds is 4. The molecule has 0 atom stereocenters. The second-order valence-corrected chi connectivity index (χ2v) is 4.49. The number of nitrogens with one attached hydrogen (secondary N) is 1. The molecule has 0 bridgehead atoms. The summed E-state index contributed by atoms with van der Waals surface area (Å²) in [5.74, 6) is 0.238. The molecule has 0 saturated carbocycles. The van der Waals surface area contributed by atoms with E-state index in [0.29, 0.717) is 16.8 Å². The SMILES string of the molecule is CCNc1ncnc(Oc2cccc(F)c2C#N)c1Br. The number of hydrogen-bond donors (Lipinski definition) is 1. The fourth-order valence-electron chi connectivity index (χ4n) is 1.52. The largest absolute Gasteiger partial charge is 0.436 e. The molecule has 1 N–H and O–H groups in total. The molecular weight excluding hydrogens is 327 g/mol. The van der Waals surface area contributed by atoms with Crippen LogP contribution in [0.25, 0.3) is 0 Å². The van der Waals surface area contributed by atoms with Gasteiger partial charge in [0.1, 0.15) is 39.8 Å². The van der Waals surface area contributed by atoms with Crippen molar-refractivity contribution in [3.63, 3.8) is 0 Å². The Hall–Kier alpha value is -2.20. The molecule has 2 aromatic rings. The lowest BCUT2D eigenvalue weighted by molar-refractivity contribution is 0.452. The summed E-state index contributed by atoms with van der Waals surface area (Å²) in [7, 11) is 0. The van der Waals surface area contributed by atoms with E-state index in [4.69, 9.17) is 10.00 Å². The van der Waals surface area contributed by atoms with Gasteiger partial charge in [-0.05, 0) is 35.0 Å². The highest BCUT2D eigenvalue weighted by atomic mass is 79.9. The Bertz CT molecular complexity index is 672. The lowest BCUT2D eigenvalue weighted by atomic mass is 10.2. The molecule has 5 nitrogen and oxygen atoms in total. The minimum absolute atomic E-state index is 0.106. The first-order chi connectivity index (χ1) is 9.67. The molecule has 0 aliphatic heterocycles. The van der Waals surface area contributed by atoms with Crippen molar-refractivity contribution < 1.29 is 9.13 Å². The molecule has 0 amide bonds. The Labute approximate surface area is 123 Å². The van der Waals surface area contributed by atoms with Crippen molar-refractivity contribution in [1.82, 2.24) is 9.97 Å². The highest BCUT2D eigenvalue weighted by Crippen LogP contribution is 2.33. The minimum atomic E-state index is -0.637. The highest BCUT2D eigenvalue weighted by molar-refractivity contribution is 9.10. The summed E-state index contributed by atoms with van der Waals surface area (Å²) >= 11 is 3.32. The molecule has 2 rings (SSSR count). The van der Waals surface area contributed by atoms with Crippen LogP contribution in [0.4, 0.5) is 10.2 Å². The molecule has 0 saturated heterocycles. The molecular formula is C13H10BrFN4O. The van der Waals surface area contributed by atoms with Gasteiger partial charge >= 0.3 is 0 Å². The van der Waals surface area contributed by atoms with Gasteiger partial charge < -0.3 is 10.1 Å². The van der Waals surface area contributed by atoms with Crippen molar-refractivity contribution in [3.05, 3.63) is 40.4 Å². The van der Waals surface area contributed by atoms with E-state index in [0.717, 1.165) is 0 Å². The average Bonchev–Trinajstić information content (AvgIpc) is 2.44. The van der Waals surface area contributed by atoms with E-state index >= 15 is 0 Å². The molecule has 0 aliphatic carbocycles. The molecule has 0 spiro atoms. The number of benzene rings is 1. The summed E-state index contributed by atoms with van der Waals surface area (Å²) in [5, 5.41) is 12.0. The fraction of sp³-hybridized carbons (Fsp3) is 0.154. The van der Waals surface area contributed by atoms with Gasteiger partial charge in [0.2, 0.25) is 5.88 Å². The van der Waals surface area contributed by atoms with Gasteiger partial charge in [0, 0.05) is 6.54 Å². The highest BCUT2D eigenvalue weighted by Gasteiger charge is 2.14. The van der Waals surface area contributed by atoms with Gasteiger partial charge in [-0.1, -0.05) is 6.07 Å². The predicted molar refractivity (Wildman–Crippen MR) is 75.1 cm³/mol. The fourth-order valence-corrected chi connectivity index (χ4v) is 1.94. The molecule has 0 fully saturated rings. The first-order valence-electron chi connectivity index (χ1n) is 5.78. The van der Waals surface area contributed by atoms with Gasteiger partial charge in [-0.25, -0.2) is 14.4 Å². The van der Waals surface area contributed by atoms with Crippen molar-refractivity contribution in [2.45, 2.75) is 6.92 Å². The van der Waals surface area contributed by atoms with Crippen molar-refractivity contribution in [2.75, 3.05) is 11.9 Å². The van der Waals surface area contributed by atoms with Crippen LogP contribution >= 0.6 is 15.9 Å². The average molecular weight is 337 g/mol. The molecule has 102 valence electrons.